The molecule has 10 heteroatoms. The zero-order valence-corrected chi connectivity index (χ0v) is 23.0. The number of aliphatic hydroxyl groups is 1. The molecule has 0 radical (unpaired) electrons. The van der Waals surface area contributed by atoms with Gasteiger partial charge in [-0.05, 0) is 64.7 Å². The first-order chi connectivity index (χ1) is 18.1. The van der Waals surface area contributed by atoms with E-state index in [1.54, 1.807) is 24.7 Å². The first-order valence-electron chi connectivity index (χ1n) is 12.9. The molecule has 1 aliphatic heterocycles. The van der Waals surface area contributed by atoms with Gasteiger partial charge in [0.05, 0.1) is 44.6 Å². The Morgan fingerprint density at radius 1 is 1.11 bits per heavy atom. The predicted octanol–water partition coefficient (Wildman–Crippen LogP) is 5.49. The number of hydrogen-bond donors (Lipinski definition) is 1. The van der Waals surface area contributed by atoms with Crippen molar-refractivity contribution in [1.29, 1.82) is 0 Å². The Bertz CT molecular complexity index is 1640. The quantitative estimate of drug-likeness (QED) is 0.318. The maximum absolute atomic E-state index is 10.9. The van der Waals surface area contributed by atoms with Crippen molar-refractivity contribution in [2.75, 3.05) is 13.2 Å². The van der Waals surface area contributed by atoms with E-state index in [0.717, 1.165) is 68.7 Å². The molecule has 0 saturated carbocycles. The monoisotopic (exact) mass is 534 g/mol. The number of rotatable bonds is 5. The number of aryl methyl sites for hydroxylation is 3. The maximum atomic E-state index is 10.9. The molecule has 6 rings (SSSR count). The average Bonchev–Trinajstić information content (AvgIpc) is 3.55. The Morgan fingerprint density at radius 2 is 1.87 bits per heavy atom. The summed E-state index contributed by atoms with van der Waals surface area (Å²) < 4.78 is 15.4. The first-order valence-corrected chi connectivity index (χ1v) is 13.2. The van der Waals surface area contributed by atoms with Gasteiger partial charge < -0.3 is 18.9 Å². The van der Waals surface area contributed by atoms with Crippen LogP contribution in [0.3, 0.4) is 0 Å². The minimum atomic E-state index is -1.05. The van der Waals surface area contributed by atoms with Gasteiger partial charge in [0.15, 0.2) is 0 Å². The molecule has 1 fully saturated rings. The summed E-state index contributed by atoms with van der Waals surface area (Å²) in [5.41, 5.74) is 5.73. The highest BCUT2D eigenvalue weighted by Gasteiger charge is 2.33. The molecule has 4 aromatic heterocycles. The van der Waals surface area contributed by atoms with Crippen molar-refractivity contribution in [3.63, 3.8) is 0 Å². The molecule has 38 heavy (non-hydrogen) atoms. The van der Waals surface area contributed by atoms with Crippen LogP contribution in [0.2, 0.25) is 5.02 Å². The van der Waals surface area contributed by atoms with Crippen LogP contribution in [0.25, 0.3) is 33.2 Å². The fraction of sp³-hybridized carbons (Fsp3) is 0.429. The number of pyridine rings is 1. The van der Waals surface area contributed by atoms with Gasteiger partial charge in [0, 0.05) is 49.0 Å². The highest BCUT2D eigenvalue weighted by Crippen LogP contribution is 2.43. The van der Waals surface area contributed by atoms with E-state index in [9.17, 15) is 5.11 Å². The molecule has 0 amide bonds. The number of ether oxygens (including phenoxy) is 1. The summed E-state index contributed by atoms with van der Waals surface area (Å²) in [6.45, 7) is 8.77. The smallest absolute Gasteiger partial charge is 0.134 e. The zero-order valence-electron chi connectivity index (χ0n) is 22.2. The number of nitrogens with zero attached hydrogens (tertiary/aromatic N) is 6. The van der Waals surface area contributed by atoms with Crippen LogP contribution < -0.4 is 0 Å². The molecular formula is C28H31ClN6O3. The van der Waals surface area contributed by atoms with Crippen LogP contribution in [0.15, 0.2) is 35.0 Å². The second-order valence-corrected chi connectivity index (χ2v) is 11.2. The van der Waals surface area contributed by atoms with E-state index >= 15 is 0 Å². The number of halogens is 1. The van der Waals surface area contributed by atoms with Gasteiger partial charge in [0.25, 0.3) is 0 Å². The van der Waals surface area contributed by atoms with Crippen LogP contribution in [-0.4, -0.2) is 48.0 Å². The van der Waals surface area contributed by atoms with Gasteiger partial charge in [-0.1, -0.05) is 22.0 Å². The second-order valence-electron chi connectivity index (χ2n) is 10.8. The maximum Gasteiger partial charge on any atom is 0.134 e. The van der Waals surface area contributed by atoms with Crippen molar-refractivity contribution in [3.8, 4) is 11.3 Å². The van der Waals surface area contributed by atoms with Gasteiger partial charge in [0.2, 0.25) is 0 Å². The topological polar surface area (TPSA) is 104 Å². The van der Waals surface area contributed by atoms with E-state index in [1.807, 2.05) is 39.1 Å². The van der Waals surface area contributed by atoms with Gasteiger partial charge in [-0.2, -0.15) is 0 Å². The van der Waals surface area contributed by atoms with E-state index in [1.165, 1.54) is 0 Å². The van der Waals surface area contributed by atoms with Crippen LogP contribution in [-0.2, 0) is 17.4 Å². The molecule has 1 aromatic carbocycles. The molecule has 0 unspecified atom stereocenters. The summed E-state index contributed by atoms with van der Waals surface area (Å²) in [6.07, 6.45) is 3.52. The Hall–Kier alpha value is -3.27. The molecule has 0 aliphatic carbocycles. The second kappa shape index (κ2) is 9.18. The van der Waals surface area contributed by atoms with Crippen LogP contribution in [0.5, 0.6) is 0 Å². The molecule has 5 aromatic rings. The fourth-order valence-electron chi connectivity index (χ4n) is 5.71. The van der Waals surface area contributed by atoms with Crippen LogP contribution in [0, 0.1) is 19.8 Å². The van der Waals surface area contributed by atoms with E-state index < -0.39 is 5.60 Å². The summed E-state index contributed by atoms with van der Waals surface area (Å²) >= 11 is 6.91. The van der Waals surface area contributed by atoms with E-state index in [2.05, 4.69) is 26.1 Å². The standard InChI is InChI=1S/C28H31ClN6O3/c1-15-10-22(32-38-15)27(17-6-8-37-9-7-17)35-23-13-19(26-16(2)31-33-34(26)5)21(29)12-20(23)25-24(35)11-18(14-30-25)28(3,4)36/h10-14,17,27,36H,6-9H2,1-5H3/t27-/m0/s1. The largest absolute Gasteiger partial charge is 0.386 e. The molecular weight excluding hydrogens is 504 g/mol. The SMILES string of the molecule is Cc1cc([C@H](C2CCOCC2)n2c3cc(-c4c(C)nnn4C)c(Cl)cc3c3ncc(C(C)(C)O)cc32)no1. The summed E-state index contributed by atoms with van der Waals surface area (Å²) in [5.74, 6) is 1.02. The molecule has 9 nitrogen and oxygen atoms in total. The normalized spacial score (nSPS) is 16.1. The Morgan fingerprint density at radius 3 is 2.50 bits per heavy atom. The third-order valence-corrected chi connectivity index (χ3v) is 7.94. The number of hydrogen-bond acceptors (Lipinski definition) is 7. The number of fused-ring (bicyclic) bond motifs is 3. The van der Waals surface area contributed by atoms with E-state index in [-0.39, 0.29) is 12.0 Å². The number of benzene rings is 1. The Kier molecular flexibility index (Phi) is 6.05. The van der Waals surface area contributed by atoms with Gasteiger partial charge in [-0.15, -0.1) is 5.10 Å². The lowest BCUT2D eigenvalue weighted by Gasteiger charge is -2.31. The van der Waals surface area contributed by atoms with Gasteiger partial charge >= 0.3 is 0 Å². The average molecular weight is 535 g/mol. The van der Waals surface area contributed by atoms with Crippen molar-refractivity contribution in [2.45, 2.75) is 52.2 Å². The Balaban J connectivity index is 1.72. The minimum Gasteiger partial charge on any atom is -0.386 e. The lowest BCUT2D eigenvalue weighted by Crippen LogP contribution is -2.27. The molecule has 1 N–H and O–H groups in total. The Labute approximate surface area is 225 Å². The molecule has 1 saturated heterocycles. The fourth-order valence-corrected chi connectivity index (χ4v) is 5.96. The molecule has 0 bridgehead atoms. The third-order valence-electron chi connectivity index (χ3n) is 7.62. The molecule has 0 spiro atoms. The highest BCUT2D eigenvalue weighted by molar-refractivity contribution is 6.34. The lowest BCUT2D eigenvalue weighted by atomic mass is 9.89. The van der Waals surface area contributed by atoms with Crippen molar-refractivity contribution in [1.82, 2.24) is 29.7 Å². The lowest BCUT2D eigenvalue weighted by molar-refractivity contribution is 0.0543. The van der Waals surface area contributed by atoms with Gasteiger partial charge in [0.1, 0.15) is 11.5 Å². The number of aromatic nitrogens is 6. The van der Waals surface area contributed by atoms with Crippen LogP contribution in [0.1, 0.15) is 55.4 Å². The van der Waals surface area contributed by atoms with Gasteiger partial charge in [-0.25, -0.2) is 4.68 Å². The summed E-state index contributed by atoms with van der Waals surface area (Å²) in [4.78, 5) is 4.85. The third kappa shape index (κ3) is 4.09. The highest BCUT2D eigenvalue weighted by atomic mass is 35.5. The van der Waals surface area contributed by atoms with Crippen molar-refractivity contribution < 1.29 is 14.4 Å². The molecule has 198 valence electrons. The summed E-state index contributed by atoms with van der Waals surface area (Å²) in [5, 5.41) is 25.3. The van der Waals surface area contributed by atoms with Crippen LogP contribution in [0.4, 0.5) is 0 Å². The van der Waals surface area contributed by atoms with Crippen molar-refractivity contribution in [2.24, 2.45) is 13.0 Å². The molecule has 5 heterocycles. The summed E-state index contributed by atoms with van der Waals surface area (Å²) in [6, 6.07) is 8.00. The molecule has 1 atom stereocenters. The predicted molar refractivity (Wildman–Crippen MR) is 145 cm³/mol. The first kappa shape index (κ1) is 25.0. The van der Waals surface area contributed by atoms with E-state index in [0.29, 0.717) is 18.2 Å². The van der Waals surface area contributed by atoms with Crippen molar-refractivity contribution in [3.05, 3.63) is 58.2 Å². The van der Waals surface area contributed by atoms with Crippen LogP contribution >= 0.6 is 11.6 Å². The van der Waals surface area contributed by atoms with Gasteiger partial charge in [-0.3, -0.25) is 4.98 Å². The molecule has 1 aliphatic rings. The minimum absolute atomic E-state index is 0.130. The summed E-state index contributed by atoms with van der Waals surface area (Å²) in [7, 11) is 1.87. The zero-order chi connectivity index (χ0) is 26.8. The van der Waals surface area contributed by atoms with Crippen molar-refractivity contribution >= 4 is 33.5 Å². The van der Waals surface area contributed by atoms with E-state index in [4.69, 9.17) is 25.8 Å².